The number of carbonyl (C=O) groups excluding carboxylic acids is 2. The van der Waals surface area contributed by atoms with E-state index in [1.807, 2.05) is 6.07 Å². The van der Waals surface area contributed by atoms with E-state index in [2.05, 4.69) is 5.32 Å². The van der Waals surface area contributed by atoms with Gasteiger partial charge in [-0.15, -0.1) is 0 Å². The Balaban J connectivity index is 1.71. The third-order valence-corrected chi connectivity index (χ3v) is 4.66. The van der Waals surface area contributed by atoms with Crippen LogP contribution >= 0.6 is 0 Å². The van der Waals surface area contributed by atoms with Crippen molar-refractivity contribution >= 4 is 11.8 Å². The molecule has 1 aliphatic heterocycles. The van der Waals surface area contributed by atoms with E-state index in [0.717, 1.165) is 5.56 Å². The SMILES string of the molecule is COc1ccc(CN2C(=O)COC[C@H]2C(=O)NCc2cccc(F)c2)cc1OC. The Kier molecular flexibility index (Phi) is 6.66. The van der Waals surface area contributed by atoms with Gasteiger partial charge >= 0.3 is 0 Å². The van der Waals surface area contributed by atoms with E-state index in [9.17, 15) is 14.0 Å². The molecule has 1 aliphatic rings. The van der Waals surface area contributed by atoms with Crippen molar-refractivity contribution in [3.05, 3.63) is 59.4 Å². The first-order valence-electron chi connectivity index (χ1n) is 9.12. The van der Waals surface area contributed by atoms with Crippen molar-refractivity contribution in [2.45, 2.75) is 19.1 Å². The molecular formula is C21H23FN2O5. The Morgan fingerprint density at radius 3 is 2.69 bits per heavy atom. The van der Waals surface area contributed by atoms with Gasteiger partial charge in [-0.2, -0.15) is 0 Å². The lowest BCUT2D eigenvalue weighted by molar-refractivity contribution is -0.155. The van der Waals surface area contributed by atoms with Crippen LogP contribution in [0.3, 0.4) is 0 Å². The molecule has 2 amide bonds. The molecule has 0 aromatic heterocycles. The van der Waals surface area contributed by atoms with Crippen molar-refractivity contribution < 1.29 is 28.2 Å². The van der Waals surface area contributed by atoms with Crippen LogP contribution in [-0.4, -0.2) is 50.2 Å². The molecule has 1 heterocycles. The molecule has 0 aliphatic carbocycles. The van der Waals surface area contributed by atoms with Crippen LogP contribution in [0.4, 0.5) is 4.39 Å². The molecule has 1 N–H and O–H groups in total. The van der Waals surface area contributed by atoms with Crippen LogP contribution in [0.2, 0.25) is 0 Å². The molecule has 7 nitrogen and oxygen atoms in total. The zero-order valence-corrected chi connectivity index (χ0v) is 16.3. The zero-order valence-electron chi connectivity index (χ0n) is 16.3. The normalized spacial score (nSPS) is 16.4. The summed E-state index contributed by atoms with van der Waals surface area (Å²) in [7, 11) is 3.08. The van der Waals surface area contributed by atoms with E-state index in [1.54, 1.807) is 31.4 Å². The lowest BCUT2D eigenvalue weighted by atomic mass is 10.1. The van der Waals surface area contributed by atoms with Gasteiger partial charge in [-0.3, -0.25) is 9.59 Å². The maximum absolute atomic E-state index is 13.3. The van der Waals surface area contributed by atoms with Crippen LogP contribution in [0.1, 0.15) is 11.1 Å². The second kappa shape index (κ2) is 9.38. The largest absolute Gasteiger partial charge is 0.493 e. The summed E-state index contributed by atoms with van der Waals surface area (Å²) in [6, 6.07) is 10.5. The maximum atomic E-state index is 13.3. The second-order valence-corrected chi connectivity index (χ2v) is 6.59. The number of hydrogen-bond acceptors (Lipinski definition) is 5. The summed E-state index contributed by atoms with van der Waals surface area (Å²) < 4.78 is 29.1. The predicted octanol–water partition coefficient (Wildman–Crippen LogP) is 1.89. The molecule has 8 heteroatoms. The first kappa shape index (κ1) is 20.6. The molecule has 1 fully saturated rings. The standard InChI is InChI=1S/C21H23FN2O5/c1-27-18-7-6-15(9-19(18)28-2)11-24-17(12-29-13-20(24)25)21(26)23-10-14-4-3-5-16(22)8-14/h3-9,17H,10-13H2,1-2H3,(H,23,26)/t17-/m0/s1. The van der Waals surface area contributed by atoms with Crippen molar-refractivity contribution in [3.63, 3.8) is 0 Å². The fourth-order valence-corrected chi connectivity index (χ4v) is 3.15. The van der Waals surface area contributed by atoms with Gasteiger partial charge in [-0.25, -0.2) is 4.39 Å². The fraction of sp³-hybridized carbons (Fsp3) is 0.333. The first-order valence-corrected chi connectivity index (χ1v) is 9.12. The molecule has 1 saturated heterocycles. The highest BCUT2D eigenvalue weighted by molar-refractivity contribution is 5.89. The zero-order chi connectivity index (χ0) is 20.8. The van der Waals surface area contributed by atoms with Gasteiger partial charge in [0.2, 0.25) is 11.8 Å². The minimum Gasteiger partial charge on any atom is -0.493 e. The summed E-state index contributed by atoms with van der Waals surface area (Å²) in [5, 5.41) is 2.75. The molecule has 1 atom stereocenters. The van der Waals surface area contributed by atoms with Crippen LogP contribution in [-0.2, 0) is 27.4 Å². The Bertz CT molecular complexity index is 889. The minimum absolute atomic E-state index is 0.0824. The van der Waals surface area contributed by atoms with Crippen molar-refractivity contribution in [2.24, 2.45) is 0 Å². The van der Waals surface area contributed by atoms with Gasteiger partial charge in [0, 0.05) is 13.1 Å². The van der Waals surface area contributed by atoms with E-state index in [0.29, 0.717) is 17.1 Å². The quantitative estimate of drug-likeness (QED) is 0.765. The van der Waals surface area contributed by atoms with Gasteiger partial charge < -0.3 is 24.4 Å². The van der Waals surface area contributed by atoms with Crippen LogP contribution in [0.15, 0.2) is 42.5 Å². The topological polar surface area (TPSA) is 77.1 Å². The summed E-state index contributed by atoms with van der Waals surface area (Å²) in [6.45, 7) is 0.390. The van der Waals surface area contributed by atoms with Gasteiger partial charge in [-0.1, -0.05) is 18.2 Å². The number of morpholine rings is 1. The highest BCUT2D eigenvalue weighted by Gasteiger charge is 2.34. The molecule has 29 heavy (non-hydrogen) atoms. The van der Waals surface area contributed by atoms with Crippen molar-refractivity contribution in [2.75, 3.05) is 27.4 Å². The number of ether oxygens (including phenoxy) is 3. The fourth-order valence-electron chi connectivity index (χ4n) is 3.15. The summed E-state index contributed by atoms with van der Waals surface area (Å²) >= 11 is 0. The number of amides is 2. The average molecular weight is 402 g/mol. The molecule has 154 valence electrons. The molecular weight excluding hydrogens is 379 g/mol. The molecule has 0 spiro atoms. The third kappa shape index (κ3) is 5.03. The van der Waals surface area contributed by atoms with Crippen molar-refractivity contribution in [1.29, 1.82) is 0 Å². The monoisotopic (exact) mass is 402 g/mol. The highest BCUT2D eigenvalue weighted by Crippen LogP contribution is 2.28. The van der Waals surface area contributed by atoms with Crippen LogP contribution in [0.5, 0.6) is 11.5 Å². The second-order valence-electron chi connectivity index (χ2n) is 6.59. The van der Waals surface area contributed by atoms with E-state index in [4.69, 9.17) is 14.2 Å². The lowest BCUT2D eigenvalue weighted by Gasteiger charge is -2.34. The van der Waals surface area contributed by atoms with E-state index >= 15 is 0 Å². The highest BCUT2D eigenvalue weighted by atomic mass is 19.1. The molecule has 2 aromatic rings. The average Bonchev–Trinajstić information content (AvgIpc) is 2.73. The minimum atomic E-state index is -0.780. The summed E-state index contributed by atoms with van der Waals surface area (Å²) in [6.07, 6.45) is 0. The number of hydrogen-bond donors (Lipinski definition) is 1. The number of carbonyl (C=O) groups is 2. The Morgan fingerprint density at radius 1 is 1.17 bits per heavy atom. The Labute approximate surface area is 168 Å². The third-order valence-electron chi connectivity index (χ3n) is 4.66. The Morgan fingerprint density at radius 2 is 1.97 bits per heavy atom. The molecule has 0 saturated carbocycles. The molecule has 0 unspecified atom stereocenters. The van der Waals surface area contributed by atoms with Crippen LogP contribution in [0, 0.1) is 5.82 Å². The van der Waals surface area contributed by atoms with Crippen LogP contribution < -0.4 is 14.8 Å². The smallest absolute Gasteiger partial charge is 0.249 e. The number of methoxy groups -OCH3 is 2. The molecule has 0 bridgehead atoms. The number of halogens is 1. The first-order chi connectivity index (χ1) is 14.0. The van der Waals surface area contributed by atoms with Crippen molar-refractivity contribution in [1.82, 2.24) is 10.2 Å². The molecule has 0 radical (unpaired) electrons. The van der Waals surface area contributed by atoms with Gasteiger partial charge in [0.15, 0.2) is 11.5 Å². The number of nitrogens with one attached hydrogen (secondary N) is 1. The van der Waals surface area contributed by atoms with Gasteiger partial charge in [0.05, 0.1) is 20.8 Å². The number of nitrogens with zero attached hydrogens (tertiary/aromatic N) is 1. The predicted molar refractivity (Wildman–Crippen MR) is 103 cm³/mol. The summed E-state index contributed by atoms with van der Waals surface area (Å²) in [4.78, 5) is 26.6. The van der Waals surface area contributed by atoms with Crippen LogP contribution in [0.25, 0.3) is 0 Å². The lowest BCUT2D eigenvalue weighted by Crippen LogP contribution is -2.55. The molecule has 2 aromatic carbocycles. The number of rotatable bonds is 7. The van der Waals surface area contributed by atoms with Gasteiger partial charge in [-0.05, 0) is 35.4 Å². The maximum Gasteiger partial charge on any atom is 0.249 e. The van der Waals surface area contributed by atoms with Gasteiger partial charge in [0.1, 0.15) is 18.5 Å². The summed E-state index contributed by atoms with van der Waals surface area (Å²) in [5.74, 6) is 0.106. The van der Waals surface area contributed by atoms with E-state index in [-0.39, 0.29) is 43.9 Å². The Hall–Kier alpha value is -3.13. The van der Waals surface area contributed by atoms with Crippen molar-refractivity contribution in [3.8, 4) is 11.5 Å². The van der Waals surface area contributed by atoms with E-state index < -0.39 is 6.04 Å². The summed E-state index contributed by atoms with van der Waals surface area (Å²) in [5.41, 5.74) is 1.42. The number of benzene rings is 2. The van der Waals surface area contributed by atoms with Gasteiger partial charge in [0.25, 0.3) is 0 Å². The van der Waals surface area contributed by atoms with E-state index in [1.165, 1.54) is 24.1 Å². The molecule has 3 rings (SSSR count).